The molecule has 1 fully saturated rings. The fourth-order valence-corrected chi connectivity index (χ4v) is 4.14. The lowest BCUT2D eigenvalue weighted by Gasteiger charge is -2.29. The van der Waals surface area contributed by atoms with Crippen LogP contribution in [0.2, 0.25) is 5.02 Å². The van der Waals surface area contributed by atoms with Crippen LogP contribution < -0.4 is 10.9 Å². The average Bonchev–Trinajstić information content (AvgIpc) is 3.26. The summed E-state index contributed by atoms with van der Waals surface area (Å²) in [6.07, 6.45) is 3.72. The third-order valence-electron chi connectivity index (χ3n) is 5.38. The van der Waals surface area contributed by atoms with E-state index in [-0.39, 0.29) is 24.1 Å². The van der Waals surface area contributed by atoms with Gasteiger partial charge in [0.15, 0.2) is 0 Å². The number of fused-ring (bicyclic) bond motifs is 1. The van der Waals surface area contributed by atoms with Crippen LogP contribution in [0.5, 0.6) is 0 Å². The van der Waals surface area contributed by atoms with Crippen molar-refractivity contribution in [2.45, 2.75) is 25.4 Å². The molecule has 3 aromatic rings. The normalized spacial score (nSPS) is 15.5. The Morgan fingerprint density at radius 3 is 2.62 bits per heavy atom. The molecular weight excluding hydrogens is 388 g/mol. The molecule has 29 heavy (non-hydrogen) atoms. The van der Waals surface area contributed by atoms with Crippen LogP contribution in [0.15, 0.2) is 59.7 Å². The van der Waals surface area contributed by atoms with Crippen LogP contribution >= 0.6 is 11.6 Å². The summed E-state index contributed by atoms with van der Waals surface area (Å²) in [6, 6.07) is 14.9. The number of carbonyl (C=O) groups is 1. The maximum atomic E-state index is 12.6. The zero-order chi connectivity index (χ0) is 20.2. The first-order chi connectivity index (χ1) is 14.1. The van der Waals surface area contributed by atoms with Gasteiger partial charge in [-0.1, -0.05) is 41.9 Å². The number of aromatic nitrogens is 2. The van der Waals surface area contributed by atoms with E-state index in [1.165, 1.54) is 10.9 Å². The van der Waals surface area contributed by atoms with Gasteiger partial charge in [0.05, 0.1) is 23.3 Å². The molecule has 1 aromatic heterocycles. The molecule has 2 heterocycles. The Balaban J connectivity index is 1.48. The molecule has 0 bridgehead atoms. The highest BCUT2D eigenvalue weighted by Crippen LogP contribution is 2.29. The summed E-state index contributed by atoms with van der Waals surface area (Å²) in [5, 5.41) is 4.19. The third kappa shape index (κ3) is 4.33. The fourth-order valence-electron chi connectivity index (χ4n) is 3.87. The van der Waals surface area contributed by atoms with Crippen molar-refractivity contribution in [1.29, 1.82) is 0 Å². The summed E-state index contributed by atoms with van der Waals surface area (Å²) < 4.78 is 1.35. The Morgan fingerprint density at radius 2 is 1.83 bits per heavy atom. The number of hydrogen-bond donors (Lipinski definition) is 1. The van der Waals surface area contributed by atoms with Crippen LogP contribution in [-0.2, 0) is 11.3 Å². The molecule has 6 nitrogen and oxygen atoms in total. The van der Waals surface area contributed by atoms with Gasteiger partial charge in [-0.05, 0) is 49.7 Å². The zero-order valence-corrected chi connectivity index (χ0v) is 16.8. The van der Waals surface area contributed by atoms with E-state index >= 15 is 0 Å². The van der Waals surface area contributed by atoms with Gasteiger partial charge in [-0.25, -0.2) is 4.98 Å². The minimum Gasteiger partial charge on any atom is -0.353 e. The topological polar surface area (TPSA) is 67.2 Å². The molecule has 0 saturated carbocycles. The van der Waals surface area contributed by atoms with Crippen molar-refractivity contribution < 1.29 is 4.79 Å². The summed E-state index contributed by atoms with van der Waals surface area (Å²) in [5.74, 6) is -0.222. The van der Waals surface area contributed by atoms with E-state index in [0.29, 0.717) is 22.5 Å². The molecule has 2 aromatic carbocycles. The highest BCUT2D eigenvalue weighted by molar-refractivity contribution is 6.31. The summed E-state index contributed by atoms with van der Waals surface area (Å²) in [5.41, 5.74) is 1.43. The Bertz CT molecular complexity index is 1080. The van der Waals surface area contributed by atoms with Crippen LogP contribution in [0.3, 0.4) is 0 Å². The van der Waals surface area contributed by atoms with Crippen LogP contribution in [0.25, 0.3) is 10.9 Å². The quantitative estimate of drug-likeness (QED) is 0.678. The number of amides is 1. The van der Waals surface area contributed by atoms with Crippen LogP contribution in [-0.4, -0.2) is 40.0 Å². The molecule has 4 rings (SSSR count). The van der Waals surface area contributed by atoms with E-state index in [1.54, 1.807) is 18.2 Å². The number of para-hydroxylation sites is 1. The second-order valence-corrected chi connectivity index (χ2v) is 7.69. The van der Waals surface area contributed by atoms with Crippen LogP contribution in [0.4, 0.5) is 0 Å². The van der Waals surface area contributed by atoms with Gasteiger partial charge in [-0.15, -0.1) is 0 Å². The largest absolute Gasteiger partial charge is 0.353 e. The lowest BCUT2D eigenvalue weighted by Crippen LogP contribution is -2.39. The summed E-state index contributed by atoms with van der Waals surface area (Å²) in [7, 11) is 0. The van der Waals surface area contributed by atoms with Crippen molar-refractivity contribution in [3.63, 3.8) is 0 Å². The number of benzene rings is 2. The van der Waals surface area contributed by atoms with Crippen molar-refractivity contribution in [2.75, 3.05) is 19.6 Å². The summed E-state index contributed by atoms with van der Waals surface area (Å²) >= 11 is 6.43. The lowest BCUT2D eigenvalue weighted by molar-refractivity contribution is -0.122. The molecule has 1 saturated heterocycles. The van der Waals surface area contributed by atoms with E-state index in [9.17, 15) is 9.59 Å². The SMILES string of the molecule is O=C(Cn1cnc2ccccc2c1=O)NC[C@H](c1ccccc1Cl)N1CCCC1. The van der Waals surface area contributed by atoms with Crippen molar-refractivity contribution >= 4 is 28.4 Å². The molecule has 0 radical (unpaired) electrons. The number of rotatable bonds is 6. The van der Waals surface area contributed by atoms with Crippen molar-refractivity contribution in [2.24, 2.45) is 0 Å². The van der Waals surface area contributed by atoms with E-state index < -0.39 is 0 Å². The van der Waals surface area contributed by atoms with E-state index in [4.69, 9.17) is 11.6 Å². The minimum absolute atomic E-state index is 0.0154. The molecule has 0 unspecified atom stereocenters. The molecule has 7 heteroatoms. The fraction of sp³-hybridized carbons (Fsp3) is 0.318. The first kappa shape index (κ1) is 19.6. The Labute approximate surface area is 174 Å². The number of nitrogens with one attached hydrogen (secondary N) is 1. The number of carbonyl (C=O) groups excluding carboxylic acids is 1. The van der Waals surface area contributed by atoms with Gasteiger partial charge in [0, 0.05) is 11.6 Å². The molecule has 1 atom stereocenters. The van der Waals surface area contributed by atoms with Gasteiger partial charge < -0.3 is 5.32 Å². The van der Waals surface area contributed by atoms with Gasteiger partial charge in [0.2, 0.25) is 5.91 Å². The Kier molecular flexibility index (Phi) is 5.92. The van der Waals surface area contributed by atoms with Crippen LogP contribution in [0, 0.1) is 0 Å². The maximum Gasteiger partial charge on any atom is 0.261 e. The maximum absolute atomic E-state index is 12.6. The standard InChI is InChI=1S/C22H23ClN4O2/c23-18-9-3-1-7-16(18)20(26-11-5-6-12-26)13-24-21(28)14-27-15-25-19-10-4-2-8-17(19)22(27)29/h1-4,7-10,15,20H,5-6,11-14H2,(H,24,28)/t20-/m1/s1. The van der Waals surface area contributed by atoms with Gasteiger partial charge in [0.25, 0.3) is 5.56 Å². The molecule has 1 N–H and O–H groups in total. The minimum atomic E-state index is -0.222. The number of halogens is 1. The molecule has 0 spiro atoms. The van der Waals surface area contributed by atoms with Crippen molar-refractivity contribution in [1.82, 2.24) is 19.8 Å². The van der Waals surface area contributed by atoms with E-state index in [0.717, 1.165) is 31.5 Å². The molecular formula is C22H23ClN4O2. The van der Waals surface area contributed by atoms with Gasteiger partial charge in [-0.3, -0.25) is 19.1 Å². The van der Waals surface area contributed by atoms with Crippen molar-refractivity contribution in [3.8, 4) is 0 Å². The molecule has 0 aliphatic carbocycles. The van der Waals surface area contributed by atoms with Crippen LogP contribution in [0.1, 0.15) is 24.4 Å². The smallest absolute Gasteiger partial charge is 0.261 e. The number of nitrogens with zero attached hydrogens (tertiary/aromatic N) is 3. The molecule has 1 amide bonds. The second kappa shape index (κ2) is 8.76. The molecule has 1 aliphatic heterocycles. The van der Waals surface area contributed by atoms with E-state index in [2.05, 4.69) is 15.2 Å². The van der Waals surface area contributed by atoms with Gasteiger partial charge in [0.1, 0.15) is 6.54 Å². The predicted octanol–water partition coefficient (Wildman–Crippen LogP) is 3.00. The second-order valence-electron chi connectivity index (χ2n) is 7.28. The number of hydrogen-bond acceptors (Lipinski definition) is 4. The third-order valence-corrected chi connectivity index (χ3v) is 5.73. The highest BCUT2D eigenvalue weighted by Gasteiger charge is 2.25. The monoisotopic (exact) mass is 410 g/mol. The van der Waals surface area contributed by atoms with E-state index in [1.807, 2.05) is 30.3 Å². The van der Waals surface area contributed by atoms with Gasteiger partial charge in [-0.2, -0.15) is 0 Å². The Hall–Kier alpha value is -2.70. The zero-order valence-electron chi connectivity index (χ0n) is 16.1. The highest BCUT2D eigenvalue weighted by atomic mass is 35.5. The lowest BCUT2D eigenvalue weighted by atomic mass is 10.1. The molecule has 150 valence electrons. The summed E-state index contributed by atoms with van der Waals surface area (Å²) in [6.45, 7) is 2.35. The number of likely N-dealkylation sites (tertiary alicyclic amines) is 1. The first-order valence-corrected chi connectivity index (χ1v) is 10.2. The molecule has 1 aliphatic rings. The summed E-state index contributed by atoms with van der Waals surface area (Å²) in [4.78, 5) is 31.8. The average molecular weight is 411 g/mol. The predicted molar refractivity (Wildman–Crippen MR) is 114 cm³/mol. The van der Waals surface area contributed by atoms with Gasteiger partial charge >= 0.3 is 0 Å². The Morgan fingerprint density at radius 1 is 1.10 bits per heavy atom. The first-order valence-electron chi connectivity index (χ1n) is 9.83. The van der Waals surface area contributed by atoms with Crippen molar-refractivity contribution in [3.05, 3.63) is 75.8 Å².